The summed E-state index contributed by atoms with van der Waals surface area (Å²) < 4.78 is 16.0. The van der Waals surface area contributed by atoms with Crippen LogP contribution in [0.1, 0.15) is 32.3 Å². The zero-order valence-corrected chi connectivity index (χ0v) is 13.4. The van der Waals surface area contributed by atoms with Gasteiger partial charge in [0.05, 0.1) is 27.8 Å². The summed E-state index contributed by atoms with van der Waals surface area (Å²) in [6, 6.07) is 3.76. The topological polar surface area (TPSA) is 65.0 Å². The first-order valence-electron chi connectivity index (χ1n) is 6.84. The van der Waals surface area contributed by atoms with E-state index >= 15 is 0 Å². The number of rotatable bonds is 8. The summed E-state index contributed by atoms with van der Waals surface area (Å²) >= 11 is 0. The average molecular weight is 296 g/mol. The van der Waals surface area contributed by atoms with Crippen molar-refractivity contribution >= 4 is 5.97 Å². The molecule has 5 heteroatoms. The van der Waals surface area contributed by atoms with E-state index in [1.807, 2.05) is 26.0 Å². The molecular weight excluding hydrogens is 272 g/mol. The van der Waals surface area contributed by atoms with Gasteiger partial charge in [-0.15, -0.1) is 0 Å². The number of carbonyl (C=O) groups is 1. The highest BCUT2D eigenvalue weighted by atomic mass is 16.5. The van der Waals surface area contributed by atoms with E-state index in [-0.39, 0.29) is 11.8 Å². The second kappa shape index (κ2) is 7.20. The first-order valence-corrected chi connectivity index (χ1v) is 6.84. The number of aryl methyl sites for hydroxylation is 1. The smallest absolute Gasteiger partial charge is 0.303 e. The molecule has 0 saturated carbocycles. The number of ether oxygens (including phenoxy) is 3. The van der Waals surface area contributed by atoms with Gasteiger partial charge in [-0.3, -0.25) is 4.79 Å². The van der Waals surface area contributed by atoms with E-state index < -0.39 is 5.97 Å². The van der Waals surface area contributed by atoms with Gasteiger partial charge in [0.2, 0.25) is 5.75 Å². The van der Waals surface area contributed by atoms with Gasteiger partial charge < -0.3 is 19.3 Å². The van der Waals surface area contributed by atoms with Crippen LogP contribution in [0.25, 0.3) is 0 Å². The fraction of sp³-hybridized carbons (Fsp3) is 0.562. The van der Waals surface area contributed by atoms with E-state index in [1.54, 1.807) is 21.3 Å². The van der Waals surface area contributed by atoms with E-state index in [2.05, 4.69) is 0 Å². The summed E-state index contributed by atoms with van der Waals surface area (Å²) in [6.07, 6.45) is 1.59. The summed E-state index contributed by atoms with van der Waals surface area (Å²) in [5.41, 5.74) is 0.706. The molecule has 0 fully saturated rings. The van der Waals surface area contributed by atoms with Gasteiger partial charge in [-0.05, 0) is 29.9 Å². The zero-order valence-electron chi connectivity index (χ0n) is 13.4. The molecule has 0 saturated heterocycles. The Labute approximate surface area is 125 Å². The molecule has 0 atom stereocenters. The summed E-state index contributed by atoms with van der Waals surface area (Å²) in [5, 5.41) is 8.94. The fourth-order valence-corrected chi connectivity index (χ4v) is 2.33. The van der Waals surface area contributed by atoms with Crippen LogP contribution in [0.5, 0.6) is 17.2 Å². The Morgan fingerprint density at radius 2 is 1.71 bits per heavy atom. The maximum absolute atomic E-state index is 10.9. The van der Waals surface area contributed by atoms with Crippen molar-refractivity contribution in [1.29, 1.82) is 0 Å². The fourth-order valence-electron chi connectivity index (χ4n) is 2.33. The molecule has 118 valence electrons. The number of hydrogen-bond donors (Lipinski definition) is 1. The molecular formula is C16H24O5. The quantitative estimate of drug-likeness (QED) is 0.798. The molecule has 1 aromatic carbocycles. The van der Waals surface area contributed by atoms with E-state index in [0.29, 0.717) is 23.7 Å². The monoisotopic (exact) mass is 296 g/mol. The van der Waals surface area contributed by atoms with E-state index in [0.717, 1.165) is 12.0 Å². The van der Waals surface area contributed by atoms with Crippen molar-refractivity contribution in [2.75, 3.05) is 21.3 Å². The summed E-state index contributed by atoms with van der Waals surface area (Å²) in [5.74, 6) is 1.04. The number of carboxylic acid groups (broad SMARTS) is 1. The molecule has 0 aliphatic rings. The first kappa shape index (κ1) is 17.1. The third-order valence-corrected chi connectivity index (χ3v) is 3.49. The molecule has 0 aliphatic carbocycles. The number of carboxylic acids is 1. The predicted molar refractivity (Wildman–Crippen MR) is 80.5 cm³/mol. The van der Waals surface area contributed by atoms with Gasteiger partial charge in [-0.2, -0.15) is 0 Å². The molecule has 0 bridgehead atoms. The van der Waals surface area contributed by atoms with E-state index in [4.69, 9.17) is 19.3 Å². The minimum atomic E-state index is -0.778. The van der Waals surface area contributed by atoms with Gasteiger partial charge in [0.25, 0.3) is 0 Å². The number of aliphatic carboxylic acids is 1. The van der Waals surface area contributed by atoms with Crippen LogP contribution < -0.4 is 14.2 Å². The first-order chi connectivity index (χ1) is 9.84. The Morgan fingerprint density at radius 1 is 1.10 bits per heavy atom. The van der Waals surface area contributed by atoms with Gasteiger partial charge >= 0.3 is 5.97 Å². The van der Waals surface area contributed by atoms with Crippen molar-refractivity contribution in [3.63, 3.8) is 0 Å². The Kier molecular flexibility index (Phi) is 5.88. The molecule has 1 aromatic rings. The van der Waals surface area contributed by atoms with Crippen molar-refractivity contribution in [2.45, 2.75) is 33.1 Å². The summed E-state index contributed by atoms with van der Waals surface area (Å²) in [4.78, 5) is 10.9. The highest BCUT2D eigenvalue weighted by Gasteiger charge is 2.23. The lowest BCUT2D eigenvalue weighted by Gasteiger charge is -2.23. The van der Waals surface area contributed by atoms with Crippen molar-refractivity contribution in [1.82, 2.24) is 0 Å². The molecule has 0 heterocycles. The Bertz CT molecular complexity index is 494. The molecule has 0 spiro atoms. The normalized spacial score (nSPS) is 11.1. The molecule has 0 amide bonds. The van der Waals surface area contributed by atoms with Crippen molar-refractivity contribution in [3.8, 4) is 17.2 Å². The maximum Gasteiger partial charge on any atom is 0.303 e. The van der Waals surface area contributed by atoms with Gasteiger partial charge in [0.1, 0.15) is 0 Å². The van der Waals surface area contributed by atoms with Crippen LogP contribution in [-0.2, 0) is 11.2 Å². The second-order valence-electron chi connectivity index (χ2n) is 5.73. The molecule has 0 unspecified atom stereocenters. The van der Waals surface area contributed by atoms with E-state index in [9.17, 15) is 4.79 Å². The Hall–Kier alpha value is -1.91. The highest BCUT2D eigenvalue weighted by molar-refractivity contribution is 5.67. The number of hydrogen-bond acceptors (Lipinski definition) is 4. The third kappa shape index (κ3) is 4.55. The van der Waals surface area contributed by atoms with Crippen molar-refractivity contribution < 1.29 is 24.1 Å². The molecule has 5 nitrogen and oxygen atoms in total. The minimum absolute atomic E-state index is 0.141. The Morgan fingerprint density at radius 3 is 2.19 bits per heavy atom. The second-order valence-corrected chi connectivity index (χ2v) is 5.73. The molecule has 1 rings (SSSR count). The zero-order chi connectivity index (χ0) is 16.0. The van der Waals surface area contributed by atoms with Crippen LogP contribution in [0.3, 0.4) is 0 Å². The van der Waals surface area contributed by atoms with Gasteiger partial charge in [0.15, 0.2) is 11.5 Å². The SMILES string of the molecule is COc1ccc(CCC(C)(C)CC(=O)O)c(OC)c1OC. The van der Waals surface area contributed by atoms with Gasteiger partial charge in [-0.25, -0.2) is 0 Å². The summed E-state index contributed by atoms with van der Waals surface area (Å²) in [6.45, 7) is 3.91. The van der Waals surface area contributed by atoms with E-state index in [1.165, 1.54) is 0 Å². The van der Waals surface area contributed by atoms with Crippen LogP contribution in [0.2, 0.25) is 0 Å². The predicted octanol–water partition coefficient (Wildman–Crippen LogP) is 3.15. The maximum atomic E-state index is 10.9. The largest absolute Gasteiger partial charge is 0.493 e. The van der Waals surface area contributed by atoms with Crippen LogP contribution in [-0.4, -0.2) is 32.4 Å². The molecule has 1 N–H and O–H groups in total. The van der Waals surface area contributed by atoms with Crippen molar-refractivity contribution in [3.05, 3.63) is 17.7 Å². The number of methoxy groups -OCH3 is 3. The number of benzene rings is 1. The Balaban J connectivity index is 2.96. The van der Waals surface area contributed by atoms with Gasteiger partial charge in [-0.1, -0.05) is 19.9 Å². The van der Waals surface area contributed by atoms with Crippen LogP contribution >= 0.6 is 0 Å². The van der Waals surface area contributed by atoms with Gasteiger partial charge in [0, 0.05) is 0 Å². The molecule has 0 aliphatic heterocycles. The third-order valence-electron chi connectivity index (χ3n) is 3.49. The minimum Gasteiger partial charge on any atom is -0.493 e. The lowest BCUT2D eigenvalue weighted by molar-refractivity contribution is -0.139. The van der Waals surface area contributed by atoms with Crippen LogP contribution in [0.4, 0.5) is 0 Å². The standard InChI is InChI=1S/C16H24O5/c1-16(2,10-13(17)18)9-8-11-6-7-12(19-3)15(21-5)14(11)20-4/h6-7H,8-10H2,1-5H3,(H,17,18). The summed E-state index contributed by atoms with van der Waals surface area (Å²) in [7, 11) is 4.73. The highest BCUT2D eigenvalue weighted by Crippen LogP contribution is 2.41. The average Bonchev–Trinajstić information content (AvgIpc) is 2.42. The lowest BCUT2D eigenvalue weighted by Crippen LogP contribution is -2.17. The molecule has 0 radical (unpaired) electrons. The molecule has 0 aromatic heterocycles. The molecule has 21 heavy (non-hydrogen) atoms. The van der Waals surface area contributed by atoms with Crippen LogP contribution in [0.15, 0.2) is 12.1 Å². The van der Waals surface area contributed by atoms with Crippen molar-refractivity contribution in [2.24, 2.45) is 5.41 Å². The van der Waals surface area contributed by atoms with Crippen LogP contribution in [0, 0.1) is 5.41 Å². The lowest BCUT2D eigenvalue weighted by atomic mass is 9.83.